The number of benzene rings is 1. The fourth-order valence-electron chi connectivity index (χ4n) is 1.65. The maximum Gasteiger partial charge on any atom is 0.0960 e. The van der Waals surface area contributed by atoms with Crippen LogP contribution < -0.4 is 0 Å². The molecule has 2 aromatic rings. The predicted molar refractivity (Wildman–Crippen MR) is 55.7 cm³/mol. The molecule has 3 rings (SSSR count). The predicted octanol–water partition coefficient (Wildman–Crippen LogP) is 3.13. The monoisotopic (exact) mass is 236 g/mol. The molecule has 3 heteroatoms. The van der Waals surface area contributed by atoms with Gasteiger partial charge in [0.2, 0.25) is 0 Å². The number of rotatable bonds is 1. The number of hydrogen-bond acceptors (Lipinski definition) is 1. The average molecular weight is 237 g/mol. The quantitative estimate of drug-likeness (QED) is 0.744. The van der Waals surface area contributed by atoms with E-state index in [0.29, 0.717) is 6.04 Å². The van der Waals surface area contributed by atoms with Crippen LogP contribution in [-0.4, -0.2) is 9.55 Å². The first kappa shape index (κ1) is 7.56. The molecule has 0 saturated heterocycles. The van der Waals surface area contributed by atoms with E-state index in [4.69, 9.17) is 0 Å². The number of hydrogen-bond donors (Lipinski definition) is 0. The maximum absolute atomic E-state index is 4.37. The topological polar surface area (TPSA) is 17.8 Å². The number of aromatic nitrogens is 2. The molecule has 0 radical (unpaired) electrons. The van der Waals surface area contributed by atoms with Crippen molar-refractivity contribution < 1.29 is 0 Å². The SMILES string of the molecule is Brc1ccc2c(c1)ncn2C1CC1. The van der Waals surface area contributed by atoms with Crippen molar-refractivity contribution in [1.82, 2.24) is 9.55 Å². The normalized spacial score (nSPS) is 16.7. The first-order valence-electron chi connectivity index (χ1n) is 4.47. The van der Waals surface area contributed by atoms with Gasteiger partial charge in [0.25, 0.3) is 0 Å². The van der Waals surface area contributed by atoms with Gasteiger partial charge in [0.05, 0.1) is 17.4 Å². The molecule has 1 saturated carbocycles. The van der Waals surface area contributed by atoms with E-state index in [0.717, 1.165) is 9.99 Å². The summed E-state index contributed by atoms with van der Waals surface area (Å²) in [7, 11) is 0. The molecule has 1 aromatic carbocycles. The van der Waals surface area contributed by atoms with Crippen LogP contribution in [0.3, 0.4) is 0 Å². The third kappa shape index (κ3) is 1.18. The first-order valence-corrected chi connectivity index (χ1v) is 5.26. The van der Waals surface area contributed by atoms with E-state index in [9.17, 15) is 0 Å². The Morgan fingerprint density at radius 1 is 1.38 bits per heavy atom. The lowest BCUT2D eigenvalue weighted by molar-refractivity contribution is 0.766. The summed E-state index contributed by atoms with van der Waals surface area (Å²) >= 11 is 3.45. The molecule has 0 aliphatic heterocycles. The van der Waals surface area contributed by atoms with Crippen LogP contribution in [0.2, 0.25) is 0 Å². The van der Waals surface area contributed by atoms with Crippen molar-refractivity contribution >= 4 is 27.0 Å². The Kier molecular flexibility index (Phi) is 1.50. The third-order valence-corrected chi connectivity index (χ3v) is 2.97. The molecule has 1 aromatic heterocycles. The van der Waals surface area contributed by atoms with Crippen molar-refractivity contribution in [2.75, 3.05) is 0 Å². The van der Waals surface area contributed by atoms with Gasteiger partial charge in [-0.25, -0.2) is 4.98 Å². The minimum absolute atomic E-state index is 0.714. The van der Waals surface area contributed by atoms with Crippen LogP contribution in [0.15, 0.2) is 29.0 Å². The zero-order valence-corrected chi connectivity index (χ0v) is 8.66. The largest absolute Gasteiger partial charge is 0.327 e. The van der Waals surface area contributed by atoms with Gasteiger partial charge in [0, 0.05) is 10.5 Å². The summed E-state index contributed by atoms with van der Waals surface area (Å²) in [5.41, 5.74) is 2.34. The van der Waals surface area contributed by atoms with Gasteiger partial charge in [-0.2, -0.15) is 0 Å². The van der Waals surface area contributed by atoms with Crippen LogP contribution in [0.25, 0.3) is 11.0 Å². The Hall–Kier alpha value is -0.830. The standard InChI is InChI=1S/C10H9BrN2/c11-7-1-4-10-9(5-7)12-6-13(10)8-2-3-8/h1,4-6,8H,2-3H2. The molecule has 0 spiro atoms. The highest BCUT2D eigenvalue weighted by Gasteiger charge is 2.24. The molecule has 0 unspecified atom stereocenters. The number of nitrogens with zero attached hydrogens (tertiary/aromatic N) is 2. The Morgan fingerprint density at radius 2 is 2.23 bits per heavy atom. The first-order chi connectivity index (χ1) is 6.34. The van der Waals surface area contributed by atoms with Crippen molar-refractivity contribution in [1.29, 1.82) is 0 Å². The lowest BCUT2D eigenvalue weighted by atomic mass is 10.3. The Balaban J connectivity index is 2.26. The summed E-state index contributed by atoms with van der Waals surface area (Å²) < 4.78 is 3.38. The van der Waals surface area contributed by atoms with Crippen LogP contribution in [0.4, 0.5) is 0 Å². The second-order valence-electron chi connectivity index (χ2n) is 3.52. The van der Waals surface area contributed by atoms with Gasteiger partial charge in [0.15, 0.2) is 0 Å². The van der Waals surface area contributed by atoms with E-state index in [1.807, 2.05) is 6.33 Å². The summed E-state index contributed by atoms with van der Waals surface area (Å²) in [4.78, 5) is 4.37. The van der Waals surface area contributed by atoms with Gasteiger partial charge in [-0.1, -0.05) is 15.9 Å². The summed E-state index contributed by atoms with van der Waals surface area (Å²) in [6.45, 7) is 0. The van der Waals surface area contributed by atoms with E-state index >= 15 is 0 Å². The fraction of sp³-hybridized carbons (Fsp3) is 0.300. The van der Waals surface area contributed by atoms with Crippen LogP contribution in [0.1, 0.15) is 18.9 Å². The minimum Gasteiger partial charge on any atom is -0.327 e. The van der Waals surface area contributed by atoms with Crippen LogP contribution in [0.5, 0.6) is 0 Å². The molecule has 2 nitrogen and oxygen atoms in total. The molecule has 1 aliphatic rings. The van der Waals surface area contributed by atoms with Crippen molar-refractivity contribution in [2.24, 2.45) is 0 Å². The van der Waals surface area contributed by atoms with Gasteiger partial charge < -0.3 is 4.57 Å². The molecule has 0 bridgehead atoms. The number of imidazole rings is 1. The summed E-state index contributed by atoms with van der Waals surface area (Å²) in [6.07, 6.45) is 4.57. The molecule has 13 heavy (non-hydrogen) atoms. The van der Waals surface area contributed by atoms with E-state index in [2.05, 4.69) is 43.7 Å². The van der Waals surface area contributed by atoms with Crippen LogP contribution >= 0.6 is 15.9 Å². The molecule has 1 fully saturated rings. The summed E-state index contributed by atoms with van der Waals surface area (Å²) in [5, 5.41) is 0. The number of halogens is 1. The zero-order valence-electron chi connectivity index (χ0n) is 7.07. The Labute approximate surface area is 84.7 Å². The highest BCUT2D eigenvalue weighted by atomic mass is 79.9. The van der Waals surface area contributed by atoms with Crippen molar-refractivity contribution in [3.05, 3.63) is 29.0 Å². The van der Waals surface area contributed by atoms with Crippen LogP contribution in [0, 0.1) is 0 Å². The van der Waals surface area contributed by atoms with E-state index in [1.54, 1.807) is 0 Å². The van der Waals surface area contributed by atoms with Gasteiger partial charge in [0.1, 0.15) is 0 Å². The van der Waals surface area contributed by atoms with Gasteiger partial charge in [-0.05, 0) is 31.0 Å². The molecule has 1 heterocycles. The average Bonchev–Trinajstić information content (AvgIpc) is 2.87. The highest BCUT2D eigenvalue weighted by Crippen LogP contribution is 2.37. The molecule has 66 valence electrons. The zero-order chi connectivity index (χ0) is 8.84. The molecular weight excluding hydrogens is 228 g/mol. The van der Waals surface area contributed by atoms with Crippen molar-refractivity contribution in [3.8, 4) is 0 Å². The number of fused-ring (bicyclic) bond motifs is 1. The van der Waals surface area contributed by atoms with Gasteiger partial charge in [-0.15, -0.1) is 0 Å². The second-order valence-corrected chi connectivity index (χ2v) is 4.43. The van der Waals surface area contributed by atoms with Gasteiger partial charge >= 0.3 is 0 Å². The van der Waals surface area contributed by atoms with Crippen LogP contribution in [-0.2, 0) is 0 Å². The lowest BCUT2D eigenvalue weighted by Gasteiger charge is -1.99. The Morgan fingerprint density at radius 3 is 3.00 bits per heavy atom. The molecule has 0 amide bonds. The molecule has 0 atom stereocenters. The van der Waals surface area contributed by atoms with Crippen molar-refractivity contribution in [3.63, 3.8) is 0 Å². The summed E-state index contributed by atoms with van der Waals surface area (Å²) in [6, 6.07) is 6.98. The highest BCUT2D eigenvalue weighted by molar-refractivity contribution is 9.10. The molecule has 1 aliphatic carbocycles. The lowest BCUT2D eigenvalue weighted by Crippen LogP contribution is -1.89. The van der Waals surface area contributed by atoms with E-state index in [-0.39, 0.29) is 0 Å². The molecular formula is C10H9BrN2. The maximum atomic E-state index is 4.37. The van der Waals surface area contributed by atoms with Crippen molar-refractivity contribution in [2.45, 2.75) is 18.9 Å². The second kappa shape index (κ2) is 2.58. The smallest absolute Gasteiger partial charge is 0.0960 e. The Bertz CT molecular complexity index is 457. The molecule has 0 N–H and O–H groups in total. The summed E-state index contributed by atoms with van der Waals surface area (Å²) in [5.74, 6) is 0. The minimum atomic E-state index is 0.714. The fourth-order valence-corrected chi connectivity index (χ4v) is 2.00. The van der Waals surface area contributed by atoms with Gasteiger partial charge in [-0.3, -0.25) is 0 Å². The third-order valence-electron chi connectivity index (χ3n) is 2.48. The van der Waals surface area contributed by atoms with E-state index < -0.39 is 0 Å². The van der Waals surface area contributed by atoms with E-state index in [1.165, 1.54) is 18.4 Å².